The maximum Gasteiger partial charge on any atom is 0.377 e. The molecule has 1 aromatic carbocycles. The quantitative estimate of drug-likeness (QED) is 0.135. The van der Waals surface area contributed by atoms with Gasteiger partial charge in [0, 0.05) is 53.3 Å². The highest BCUT2D eigenvalue weighted by Gasteiger charge is 2.70. The van der Waals surface area contributed by atoms with Crippen LogP contribution in [0.3, 0.4) is 0 Å². The van der Waals surface area contributed by atoms with Crippen LogP contribution in [0.4, 0.5) is 8.78 Å². The Morgan fingerprint density at radius 3 is 1.52 bits per heavy atom. The van der Waals surface area contributed by atoms with Crippen LogP contribution < -0.4 is 0 Å². The fraction of sp³-hybridized carbons (Fsp3) is 0.792. The Morgan fingerprint density at radius 1 is 0.642 bits per heavy atom. The molecular weight excluding hydrogens is 883 g/mol. The third-order valence-corrected chi connectivity index (χ3v) is 20.9. The number of esters is 3. The standard InChI is InChI=1S/C39H48F2O10.C14H21OS/c1-35(40,41)32(44)51-38-10-21-6-26(15-38)39(27(7-21)16-38)49-28(17-47-33(45)36-8-19-2-22(11-36)30(42)23(3-19)12-36)29(50-39)18-48-34(46)37-9-20-4-24(13-37)31(43)25(5-20)14-37;1-14(2,3)12-4-6-13(7-5-12)16-10-8-15-9-11-16/h19-29H,2-18H2,1H3;4-7H,8-11H2,1-3H3/q;+1. The lowest BCUT2D eigenvalue weighted by Gasteiger charge is -2.62. The predicted molar refractivity (Wildman–Crippen MR) is 241 cm³/mol. The van der Waals surface area contributed by atoms with E-state index < -0.39 is 46.3 Å². The van der Waals surface area contributed by atoms with Gasteiger partial charge in [-0.2, -0.15) is 8.78 Å². The van der Waals surface area contributed by atoms with Crippen LogP contribution in [0.2, 0.25) is 0 Å². The molecule has 2 saturated heterocycles. The fourth-order valence-electron chi connectivity index (χ4n) is 16.1. The number of benzene rings is 1. The molecule has 1 spiro atoms. The smallest absolute Gasteiger partial charge is 0.377 e. The van der Waals surface area contributed by atoms with Crippen molar-refractivity contribution < 1.29 is 61.2 Å². The molecule has 14 aliphatic rings. The SMILES string of the molecule is CC(C)(C)c1ccc([S+]2CCOCC2)cc1.CC(F)(F)C(=O)OC12CC3CC(C1)C1(OC(COC(=O)C45CC6CC(C4)C(=O)C(C6)C5)C(COC(=O)C45CC6CC(C4)C(=O)C(C6)C5)O1)C(C3)C2. The van der Waals surface area contributed by atoms with Gasteiger partial charge in [-0.3, -0.25) is 19.2 Å². The Morgan fingerprint density at radius 2 is 1.09 bits per heavy atom. The summed E-state index contributed by atoms with van der Waals surface area (Å²) in [5, 5.41) is 0. The molecule has 8 atom stereocenters. The van der Waals surface area contributed by atoms with Crippen LogP contribution in [0.5, 0.6) is 0 Å². The van der Waals surface area contributed by atoms with Gasteiger partial charge in [-0.05, 0) is 137 Å². The number of Topliss-reactive ketones (excluding diaryl/α,β-unsaturated/α-hetero) is 2. The highest BCUT2D eigenvalue weighted by molar-refractivity contribution is 7.97. The maximum atomic E-state index is 14.0. The van der Waals surface area contributed by atoms with Gasteiger partial charge in [-0.15, -0.1) is 0 Å². The number of halogens is 2. The Bertz CT molecular complexity index is 2030. The van der Waals surface area contributed by atoms with E-state index in [1.54, 1.807) is 0 Å². The van der Waals surface area contributed by atoms with Crippen molar-refractivity contribution in [2.45, 2.75) is 164 Å². The van der Waals surface area contributed by atoms with E-state index in [4.69, 9.17) is 28.4 Å². The summed E-state index contributed by atoms with van der Waals surface area (Å²) < 4.78 is 64.9. The number of carbonyl (C=O) groups excluding carboxylic acids is 5. The molecule has 0 amide bonds. The van der Waals surface area contributed by atoms with Crippen LogP contribution in [-0.2, 0) is 68.7 Å². The van der Waals surface area contributed by atoms with Crippen molar-refractivity contribution in [3.63, 3.8) is 0 Å². The third-order valence-electron chi connectivity index (χ3n) is 18.6. The molecule has 8 unspecified atom stereocenters. The summed E-state index contributed by atoms with van der Waals surface area (Å²) in [5.41, 5.74) is -0.659. The monoisotopic (exact) mass is 951 g/mol. The third kappa shape index (κ3) is 8.23. The zero-order valence-electron chi connectivity index (χ0n) is 39.7. The molecule has 2 aliphatic heterocycles. The molecule has 12 saturated carbocycles. The zero-order valence-corrected chi connectivity index (χ0v) is 40.5. The molecule has 12 bridgehead atoms. The number of hydrogen-bond acceptors (Lipinski definition) is 11. The predicted octanol–water partition coefficient (Wildman–Crippen LogP) is 8.11. The first-order chi connectivity index (χ1) is 31.7. The van der Waals surface area contributed by atoms with Crippen LogP contribution in [0, 0.1) is 64.1 Å². The van der Waals surface area contributed by atoms with E-state index in [1.165, 1.54) is 22.0 Å². The van der Waals surface area contributed by atoms with Crippen LogP contribution in [-0.4, -0.2) is 96.9 Å². The van der Waals surface area contributed by atoms with E-state index >= 15 is 0 Å². The number of carbonyl (C=O) groups is 5. The minimum absolute atomic E-state index is 0.0766. The second-order valence-corrected chi connectivity index (χ2v) is 26.6. The minimum atomic E-state index is -3.60. The summed E-state index contributed by atoms with van der Waals surface area (Å²) >= 11 is 0. The number of alkyl halides is 2. The van der Waals surface area contributed by atoms with Gasteiger partial charge < -0.3 is 28.4 Å². The van der Waals surface area contributed by atoms with E-state index in [-0.39, 0.29) is 72.0 Å². The summed E-state index contributed by atoms with van der Waals surface area (Å²) in [6, 6.07) is 9.21. The van der Waals surface area contributed by atoms with E-state index in [9.17, 15) is 32.8 Å². The average molecular weight is 952 g/mol. The molecule has 12 aliphatic carbocycles. The highest BCUT2D eigenvalue weighted by Crippen LogP contribution is 2.65. The van der Waals surface area contributed by atoms with Gasteiger partial charge in [0.2, 0.25) is 0 Å². The molecule has 1 aromatic rings. The Hall–Kier alpha value is -2.94. The van der Waals surface area contributed by atoms with E-state index in [0.717, 1.165) is 64.6 Å². The zero-order chi connectivity index (χ0) is 46.9. The molecule has 2 heterocycles. The lowest BCUT2D eigenvalue weighted by molar-refractivity contribution is -0.326. The number of ether oxygens (including phenoxy) is 6. The highest BCUT2D eigenvalue weighted by atomic mass is 32.2. The van der Waals surface area contributed by atoms with Crippen molar-refractivity contribution >= 4 is 40.4 Å². The van der Waals surface area contributed by atoms with Gasteiger partial charge in [0.15, 0.2) is 10.7 Å². The molecule has 366 valence electrons. The first-order valence-corrected chi connectivity index (χ1v) is 27.1. The van der Waals surface area contributed by atoms with Gasteiger partial charge in [-0.25, -0.2) is 4.79 Å². The summed E-state index contributed by atoms with van der Waals surface area (Å²) in [7, 11) is 0.432. The molecule has 0 radical (unpaired) electrons. The van der Waals surface area contributed by atoms with Crippen LogP contribution >= 0.6 is 0 Å². The van der Waals surface area contributed by atoms with E-state index in [1.807, 2.05) is 0 Å². The van der Waals surface area contributed by atoms with Crippen molar-refractivity contribution in [3.8, 4) is 0 Å². The Labute approximate surface area is 395 Å². The number of hydrogen-bond donors (Lipinski definition) is 0. The second kappa shape index (κ2) is 16.6. The summed E-state index contributed by atoms with van der Waals surface area (Å²) in [6.45, 7) is 9.01. The van der Waals surface area contributed by atoms with E-state index in [0.29, 0.717) is 86.2 Å². The van der Waals surface area contributed by atoms with Gasteiger partial charge >= 0.3 is 23.8 Å². The van der Waals surface area contributed by atoms with Gasteiger partial charge in [0.25, 0.3) is 0 Å². The van der Waals surface area contributed by atoms with Crippen molar-refractivity contribution in [1.82, 2.24) is 0 Å². The Balaban J connectivity index is 0.000000262. The fourth-order valence-corrected chi connectivity index (χ4v) is 17.9. The molecular formula is C53H69F2O11S+. The van der Waals surface area contributed by atoms with Gasteiger partial charge in [0.05, 0.1) is 24.0 Å². The summed E-state index contributed by atoms with van der Waals surface area (Å²) in [6.07, 6.45) is 8.13. The normalized spacial score (nSPS) is 43.3. The first-order valence-electron chi connectivity index (χ1n) is 25.5. The van der Waals surface area contributed by atoms with Crippen molar-refractivity contribution in [1.29, 1.82) is 0 Å². The molecule has 67 heavy (non-hydrogen) atoms. The second-order valence-electron chi connectivity index (χ2n) is 24.4. The van der Waals surface area contributed by atoms with Crippen molar-refractivity contribution in [2.24, 2.45) is 64.1 Å². The first kappa shape index (κ1) is 46.4. The minimum Gasteiger partial charge on any atom is -0.462 e. The average Bonchev–Trinajstić information content (AvgIpc) is 3.65. The van der Waals surface area contributed by atoms with Crippen LogP contribution in [0.1, 0.15) is 130 Å². The van der Waals surface area contributed by atoms with Crippen molar-refractivity contribution in [3.05, 3.63) is 29.8 Å². The molecule has 14 fully saturated rings. The molecule has 0 N–H and O–H groups in total. The lowest BCUT2D eigenvalue weighted by atomic mass is 9.49. The molecule has 0 aromatic heterocycles. The lowest BCUT2D eigenvalue weighted by Crippen LogP contribution is -2.65. The Kier molecular flexibility index (Phi) is 11.5. The van der Waals surface area contributed by atoms with Gasteiger partial charge in [-0.1, -0.05) is 32.9 Å². The van der Waals surface area contributed by atoms with Crippen LogP contribution in [0.25, 0.3) is 0 Å². The topological polar surface area (TPSA) is 141 Å². The summed E-state index contributed by atoms with van der Waals surface area (Å²) in [5.74, 6) is -3.75. The molecule has 11 nitrogen and oxygen atoms in total. The number of rotatable bonds is 9. The molecule has 15 rings (SSSR count). The van der Waals surface area contributed by atoms with Gasteiger partial charge in [0.1, 0.15) is 54.1 Å². The number of ketones is 2. The molecule has 14 heteroatoms. The maximum absolute atomic E-state index is 14.0. The van der Waals surface area contributed by atoms with Crippen molar-refractivity contribution in [2.75, 3.05) is 37.9 Å². The largest absolute Gasteiger partial charge is 0.462 e. The van der Waals surface area contributed by atoms with E-state index in [2.05, 4.69) is 45.0 Å². The van der Waals surface area contributed by atoms with Crippen LogP contribution in [0.15, 0.2) is 29.2 Å². The summed E-state index contributed by atoms with van der Waals surface area (Å²) in [4.78, 5) is 67.3.